The van der Waals surface area contributed by atoms with Gasteiger partial charge in [0, 0.05) is 27.4 Å². The Morgan fingerprint density at radius 3 is 1.29 bits per heavy atom. The van der Waals surface area contributed by atoms with Gasteiger partial charge in [-0.15, -0.1) is 0 Å². The maximum Gasteiger partial charge on any atom is 0.164 e. The van der Waals surface area contributed by atoms with E-state index in [9.17, 15) is 4.57 Å². The summed E-state index contributed by atoms with van der Waals surface area (Å²) in [4.78, 5) is 15.4. The average Bonchev–Trinajstić information content (AvgIpc) is 3.97. The van der Waals surface area contributed by atoms with Gasteiger partial charge in [-0.1, -0.05) is 201 Å². The number of aromatic nitrogens is 3. The van der Waals surface area contributed by atoms with E-state index in [0.29, 0.717) is 23.4 Å². The molecule has 9 aromatic rings. The van der Waals surface area contributed by atoms with Gasteiger partial charge in [0.25, 0.3) is 0 Å². The maximum atomic E-state index is 13.2. The third-order valence-corrected chi connectivity index (χ3v) is 15.4. The summed E-state index contributed by atoms with van der Waals surface area (Å²) in [5.41, 5.74) is 12.6. The molecule has 1 aromatic heterocycles. The lowest BCUT2D eigenvalue weighted by Crippen LogP contribution is -2.34. The summed E-state index contributed by atoms with van der Waals surface area (Å²) in [7, 11) is -2.44. The van der Waals surface area contributed by atoms with Crippen molar-refractivity contribution in [2.24, 2.45) is 11.8 Å². The molecule has 2 fully saturated rings. The van der Waals surface area contributed by atoms with E-state index in [-0.39, 0.29) is 5.41 Å². The van der Waals surface area contributed by atoms with Crippen LogP contribution in [-0.4, -0.2) is 28.3 Å². The minimum absolute atomic E-state index is 0.0562. The highest BCUT2D eigenvalue weighted by Crippen LogP contribution is 2.60. The number of hydrogen-bond donors (Lipinski definition) is 0. The molecule has 2 aliphatic carbocycles. The monoisotopic (exact) mass is 833 g/mol. The Labute approximate surface area is 370 Å². The number of nitrogens with zero attached hydrogens (tertiary/aromatic N) is 3. The van der Waals surface area contributed by atoms with E-state index in [1.807, 2.05) is 31.5 Å². The van der Waals surface area contributed by atoms with E-state index in [1.54, 1.807) is 0 Å². The number of rotatable bonds is 9. The van der Waals surface area contributed by atoms with E-state index in [1.165, 1.54) is 52.6 Å². The second-order valence-corrected chi connectivity index (χ2v) is 21.1. The molecule has 5 heteroatoms. The third kappa shape index (κ3) is 7.23. The van der Waals surface area contributed by atoms with Gasteiger partial charge in [0.05, 0.1) is 0 Å². The van der Waals surface area contributed by atoms with E-state index in [0.717, 1.165) is 56.2 Å². The van der Waals surface area contributed by atoms with Crippen molar-refractivity contribution in [1.29, 1.82) is 0 Å². The van der Waals surface area contributed by atoms with Gasteiger partial charge in [-0.2, -0.15) is 0 Å². The van der Waals surface area contributed by atoms with Crippen molar-refractivity contribution < 1.29 is 4.57 Å². The van der Waals surface area contributed by atoms with Crippen molar-refractivity contribution in [3.8, 4) is 67.5 Å². The summed E-state index contributed by atoms with van der Waals surface area (Å²) < 4.78 is 13.2. The van der Waals surface area contributed by atoms with E-state index in [4.69, 9.17) is 15.0 Å². The SMILES string of the molecule is CP(C)(=O)c1ccc(-c2ccc(C3(c4ccc(-c5nc(-c6ccc(-c7ccccc7)cc6)nc(-c6ccc(-c7ccccc7)cc6)n5)cc4)CC4CCC3C4)cc2)c2ccccc12. The van der Waals surface area contributed by atoms with Crippen LogP contribution in [0, 0.1) is 11.8 Å². The lowest BCUT2D eigenvalue weighted by molar-refractivity contribution is 0.320. The molecule has 0 radical (unpaired) electrons. The summed E-state index contributed by atoms with van der Waals surface area (Å²) in [5.74, 6) is 3.29. The molecule has 63 heavy (non-hydrogen) atoms. The highest BCUT2D eigenvalue weighted by molar-refractivity contribution is 7.70. The first-order valence-corrected chi connectivity index (χ1v) is 24.8. The first kappa shape index (κ1) is 39.1. The van der Waals surface area contributed by atoms with Gasteiger partial charge in [-0.3, -0.25) is 0 Å². The standard InChI is InChI=1S/C58H48N3OP/c1-63(2,62)54-36-35-51(52-15-9-10-16-53(52)54)44-26-31-48(32-27-44)58(38-39-17-30-50(58)37-39)49-33-28-47(29-34-49)57-60-55(45-22-18-42(19-23-45)40-11-5-3-6-12-40)59-56(61-57)46-24-20-43(21-25-46)41-13-7-4-8-14-41/h3-16,18-29,31-36,39,50H,17,30,37-38H2,1-2H3. The van der Waals surface area contributed by atoms with Crippen LogP contribution in [0.1, 0.15) is 36.8 Å². The first-order chi connectivity index (χ1) is 30.8. The summed E-state index contributed by atoms with van der Waals surface area (Å²) in [5, 5.41) is 3.17. The predicted octanol–water partition coefficient (Wildman–Crippen LogP) is 14.4. The molecule has 8 aromatic carbocycles. The maximum absolute atomic E-state index is 13.2. The van der Waals surface area contributed by atoms with Crippen LogP contribution in [-0.2, 0) is 9.98 Å². The fourth-order valence-electron chi connectivity index (χ4n) is 10.7. The minimum Gasteiger partial charge on any atom is -0.319 e. The molecule has 2 saturated carbocycles. The van der Waals surface area contributed by atoms with Crippen molar-refractivity contribution in [2.75, 3.05) is 13.3 Å². The largest absolute Gasteiger partial charge is 0.319 e. The van der Waals surface area contributed by atoms with Crippen LogP contribution in [0.15, 0.2) is 194 Å². The third-order valence-electron chi connectivity index (χ3n) is 13.8. The molecule has 4 nitrogen and oxygen atoms in total. The van der Waals surface area contributed by atoms with Crippen molar-refractivity contribution in [3.63, 3.8) is 0 Å². The summed E-state index contributed by atoms with van der Waals surface area (Å²) in [6.07, 6.45) is 5.00. The van der Waals surface area contributed by atoms with Gasteiger partial charge < -0.3 is 4.57 Å². The van der Waals surface area contributed by atoms with Crippen LogP contribution in [0.4, 0.5) is 0 Å². The molecule has 0 N–H and O–H groups in total. The fraction of sp³-hybridized carbons (Fsp3) is 0.155. The average molecular weight is 834 g/mol. The lowest BCUT2D eigenvalue weighted by Gasteiger charge is -2.39. The van der Waals surface area contributed by atoms with Crippen LogP contribution in [0.2, 0.25) is 0 Å². The van der Waals surface area contributed by atoms with Gasteiger partial charge in [-0.25, -0.2) is 15.0 Å². The van der Waals surface area contributed by atoms with E-state index >= 15 is 0 Å². The fourth-order valence-corrected chi connectivity index (χ4v) is 11.9. The molecule has 0 saturated heterocycles. The molecule has 3 unspecified atom stereocenters. The van der Waals surface area contributed by atoms with Gasteiger partial charge in [0.1, 0.15) is 7.14 Å². The normalized spacial score (nSPS) is 18.2. The minimum atomic E-state index is -2.44. The Balaban J connectivity index is 0.958. The predicted molar refractivity (Wildman–Crippen MR) is 262 cm³/mol. The lowest BCUT2D eigenvalue weighted by atomic mass is 9.64. The highest BCUT2D eigenvalue weighted by atomic mass is 31.2. The van der Waals surface area contributed by atoms with Crippen LogP contribution >= 0.6 is 7.14 Å². The highest BCUT2D eigenvalue weighted by Gasteiger charge is 2.52. The summed E-state index contributed by atoms with van der Waals surface area (Å²) in [6.45, 7) is 3.72. The molecule has 2 aliphatic rings. The molecule has 2 bridgehead atoms. The van der Waals surface area contributed by atoms with Crippen LogP contribution < -0.4 is 5.30 Å². The Hall–Kier alpha value is -6.74. The van der Waals surface area contributed by atoms with E-state index in [2.05, 4.69) is 176 Å². The molecule has 1 heterocycles. The van der Waals surface area contributed by atoms with Crippen LogP contribution in [0.5, 0.6) is 0 Å². The Bertz CT molecular complexity index is 3040. The molecule has 3 atom stereocenters. The number of benzene rings is 8. The van der Waals surface area contributed by atoms with Crippen LogP contribution in [0.3, 0.4) is 0 Å². The molecular formula is C58H48N3OP. The van der Waals surface area contributed by atoms with Crippen LogP contribution in [0.25, 0.3) is 78.3 Å². The van der Waals surface area contributed by atoms with Gasteiger partial charge >= 0.3 is 0 Å². The summed E-state index contributed by atoms with van der Waals surface area (Å²) in [6, 6.07) is 69.1. The molecule has 0 aliphatic heterocycles. The Morgan fingerprint density at radius 1 is 0.429 bits per heavy atom. The second kappa shape index (κ2) is 15.9. The van der Waals surface area contributed by atoms with Crippen molar-refractivity contribution in [2.45, 2.75) is 31.1 Å². The Morgan fingerprint density at radius 2 is 0.841 bits per heavy atom. The zero-order valence-corrected chi connectivity index (χ0v) is 36.5. The quantitative estimate of drug-likeness (QED) is 0.136. The number of fused-ring (bicyclic) bond motifs is 3. The first-order valence-electron chi connectivity index (χ1n) is 22.2. The zero-order valence-electron chi connectivity index (χ0n) is 35.7. The molecular weight excluding hydrogens is 786 g/mol. The van der Waals surface area contributed by atoms with Crippen molar-refractivity contribution in [3.05, 3.63) is 205 Å². The Kier molecular flexibility index (Phi) is 9.86. The molecule has 306 valence electrons. The van der Waals surface area contributed by atoms with Crippen molar-refractivity contribution in [1.82, 2.24) is 15.0 Å². The van der Waals surface area contributed by atoms with Gasteiger partial charge in [-0.05, 0) is 99.7 Å². The van der Waals surface area contributed by atoms with Gasteiger partial charge in [0.15, 0.2) is 17.5 Å². The topological polar surface area (TPSA) is 55.7 Å². The molecule has 0 spiro atoms. The smallest absolute Gasteiger partial charge is 0.164 e. The number of hydrogen-bond acceptors (Lipinski definition) is 4. The van der Waals surface area contributed by atoms with E-state index < -0.39 is 7.14 Å². The second-order valence-electron chi connectivity index (χ2n) is 17.9. The molecule has 11 rings (SSSR count). The zero-order chi connectivity index (χ0) is 42.5. The molecule has 0 amide bonds. The van der Waals surface area contributed by atoms with Gasteiger partial charge in [0.2, 0.25) is 0 Å². The summed E-state index contributed by atoms with van der Waals surface area (Å²) >= 11 is 0. The van der Waals surface area contributed by atoms with Crippen molar-refractivity contribution >= 4 is 23.2 Å².